The summed E-state index contributed by atoms with van der Waals surface area (Å²) in [6.07, 6.45) is 0. The first-order valence-corrected chi connectivity index (χ1v) is 6.23. The molecule has 0 unspecified atom stereocenters. The van der Waals surface area contributed by atoms with Gasteiger partial charge in [0.25, 0.3) is 0 Å². The van der Waals surface area contributed by atoms with Gasteiger partial charge in [-0.3, -0.25) is 0 Å². The highest BCUT2D eigenvalue weighted by atomic mass is 35.5. The second-order valence-corrected chi connectivity index (χ2v) is 5.34. The Labute approximate surface area is 99.3 Å². The zero-order chi connectivity index (χ0) is 10.7. The minimum absolute atomic E-state index is 0.596. The lowest BCUT2D eigenvalue weighted by Crippen LogP contribution is -2.30. The molecule has 1 heterocycles. The van der Waals surface area contributed by atoms with Gasteiger partial charge in [0.1, 0.15) is 0 Å². The monoisotopic (exact) mass is 243 g/mol. The zero-order valence-electron chi connectivity index (χ0n) is 8.63. The number of nitrogens with one attached hydrogen (secondary N) is 1. The van der Waals surface area contributed by atoms with Crippen LogP contribution in [0.5, 0.6) is 0 Å². The fourth-order valence-corrected chi connectivity index (χ4v) is 2.85. The maximum Gasteiger partial charge on any atom is 0.0611 e. The molecule has 0 spiro atoms. The van der Waals surface area contributed by atoms with Crippen molar-refractivity contribution >= 4 is 23.4 Å². The third kappa shape index (κ3) is 2.88. The van der Waals surface area contributed by atoms with E-state index in [-0.39, 0.29) is 0 Å². The minimum atomic E-state index is 0.596. The van der Waals surface area contributed by atoms with E-state index in [2.05, 4.69) is 11.4 Å². The molecule has 0 amide bonds. The lowest BCUT2D eigenvalue weighted by Gasteiger charge is -2.26. The van der Waals surface area contributed by atoms with Crippen LogP contribution in [0.4, 0.5) is 0 Å². The molecule has 1 aromatic carbocycles. The van der Waals surface area contributed by atoms with E-state index >= 15 is 0 Å². The largest absolute Gasteiger partial charge is 0.379 e. The van der Waals surface area contributed by atoms with Crippen LogP contribution in [0.15, 0.2) is 23.1 Å². The van der Waals surface area contributed by atoms with Crippen LogP contribution in [0.3, 0.4) is 0 Å². The second kappa shape index (κ2) is 5.21. The molecule has 1 N–H and O–H groups in total. The van der Waals surface area contributed by atoms with Crippen LogP contribution >= 0.6 is 23.4 Å². The van der Waals surface area contributed by atoms with Gasteiger partial charge in [0.05, 0.1) is 18.5 Å². The van der Waals surface area contributed by atoms with Gasteiger partial charge in [0.2, 0.25) is 0 Å². The lowest BCUT2D eigenvalue weighted by molar-refractivity contribution is 0.0455. The first-order chi connectivity index (χ1) is 7.29. The van der Waals surface area contributed by atoms with Gasteiger partial charge in [-0.15, -0.1) is 11.8 Å². The molecule has 0 radical (unpaired) electrons. The van der Waals surface area contributed by atoms with Crippen molar-refractivity contribution in [3.05, 3.63) is 28.8 Å². The summed E-state index contributed by atoms with van der Waals surface area (Å²) in [6, 6.07) is 6.06. The summed E-state index contributed by atoms with van der Waals surface area (Å²) in [7, 11) is 1.95. The van der Waals surface area contributed by atoms with E-state index in [4.69, 9.17) is 16.3 Å². The number of hydrogen-bond acceptors (Lipinski definition) is 3. The highest BCUT2D eigenvalue weighted by Crippen LogP contribution is 2.32. The number of hydrogen-bond donors (Lipinski definition) is 1. The number of ether oxygens (including phenoxy) is 1. The number of thioether (sulfide) groups is 1. The Balaban J connectivity index is 2.13. The van der Waals surface area contributed by atoms with Crippen molar-refractivity contribution in [1.82, 2.24) is 5.32 Å². The first-order valence-electron chi connectivity index (χ1n) is 4.97. The maximum absolute atomic E-state index is 6.00. The van der Waals surface area contributed by atoms with Crippen LogP contribution in [-0.4, -0.2) is 25.5 Å². The average Bonchev–Trinajstić information content (AvgIpc) is 2.16. The first kappa shape index (κ1) is 11.3. The summed E-state index contributed by atoms with van der Waals surface area (Å²) in [5.74, 6) is 0. The van der Waals surface area contributed by atoms with Crippen molar-refractivity contribution in [2.75, 3.05) is 20.3 Å². The molecule has 1 aromatic rings. The highest BCUT2D eigenvalue weighted by Gasteiger charge is 2.20. The molecule has 15 heavy (non-hydrogen) atoms. The van der Waals surface area contributed by atoms with Gasteiger partial charge in [0.15, 0.2) is 0 Å². The van der Waals surface area contributed by atoms with E-state index in [1.165, 1.54) is 10.5 Å². The SMILES string of the molecule is CNCc1ccc(Cl)cc1SC1COC1. The summed E-state index contributed by atoms with van der Waals surface area (Å²) >= 11 is 7.86. The minimum Gasteiger partial charge on any atom is -0.379 e. The molecule has 0 aromatic heterocycles. The molecule has 0 aliphatic carbocycles. The molecule has 1 aliphatic rings. The van der Waals surface area contributed by atoms with Crippen LogP contribution in [0.1, 0.15) is 5.56 Å². The van der Waals surface area contributed by atoms with Crippen molar-refractivity contribution < 1.29 is 4.74 Å². The van der Waals surface area contributed by atoms with Crippen LogP contribution < -0.4 is 5.32 Å². The predicted octanol–water partition coefficient (Wildman–Crippen LogP) is 2.55. The van der Waals surface area contributed by atoms with Gasteiger partial charge < -0.3 is 10.1 Å². The maximum atomic E-state index is 6.00. The quantitative estimate of drug-likeness (QED) is 0.878. The Bertz CT molecular complexity index is 341. The van der Waals surface area contributed by atoms with Crippen molar-refractivity contribution in [1.29, 1.82) is 0 Å². The Hall–Kier alpha value is -0.220. The Morgan fingerprint density at radius 3 is 2.93 bits per heavy atom. The van der Waals surface area contributed by atoms with Gasteiger partial charge in [0, 0.05) is 16.5 Å². The topological polar surface area (TPSA) is 21.3 Å². The molecule has 82 valence electrons. The van der Waals surface area contributed by atoms with Crippen molar-refractivity contribution in [3.8, 4) is 0 Å². The van der Waals surface area contributed by atoms with E-state index in [0.29, 0.717) is 5.25 Å². The van der Waals surface area contributed by atoms with Crippen LogP contribution in [0.2, 0.25) is 5.02 Å². The van der Waals surface area contributed by atoms with E-state index in [1.54, 1.807) is 0 Å². The van der Waals surface area contributed by atoms with Crippen LogP contribution in [0.25, 0.3) is 0 Å². The molecule has 4 heteroatoms. The van der Waals surface area contributed by atoms with Gasteiger partial charge >= 0.3 is 0 Å². The molecule has 2 nitrogen and oxygen atoms in total. The number of halogens is 1. The molecule has 1 fully saturated rings. The van der Waals surface area contributed by atoms with E-state index in [9.17, 15) is 0 Å². The molecule has 0 saturated carbocycles. The van der Waals surface area contributed by atoms with E-state index in [0.717, 1.165) is 24.8 Å². The normalized spacial score (nSPS) is 16.4. The van der Waals surface area contributed by atoms with E-state index in [1.807, 2.05) is 30.9 Å². The van der Waals surface area contributed by atoms with Crippen molar-refractivity contribution in [2.24, 2.45) is 0 Å². The lowest BCUT2D eigenvalue weighted by atomic mass is 10.2. The highest BCUT2D eigenvalue weighted by molar-refractivity contribution is 8.00. The molecule has 0 bridgehead atoms. The summed E-state index contributed by atoms with van der Waals surface area (Å²) in [5.41, 5.74) is 1.30. The zero-order valence-corrected chi connectivity index (χ0v) is 10.2. The van der Waals surface area contributed by atoms with Gasteiger partial charge in [-0.05, 0) is 24.7 Å². The number of benzene rings is 1. The van der Waals surface area contributed by atoms with Crippen LogP contribution in [0, 0.1) is 0 Å². The fourth-order valence-electron chi connectivity index (χ4n) is 1.44. The third-order valence-electron chi connectivity index (χ3n) is 2.30. The Morgan fingerprint density at radius 1 is 1.53 bits per heavy atom. The molecule has 1 saturated heterocycles. The van der Waals surface area contributed by atoms with Gasteiger partial charge in [-0.25, -0.2) is 0 Å². The summed E-state index contributed by atoms with van der Waals surface area (Å²) in [4.78, 5) is 1.27. The predicted molar refractivity (Wildman–Crippen MR) is 64.7 cm³/mol. The average molecular weight is 244 g/mol. The fraction of sp³-hybridized carbons (Fsp3) is 0.455. The standard InChI is InChI=1S/C11H14ClNOS/c1-13-5-8-2-3-9(12)4-11(8)15-10-6-14-7-10/h2-4,10,13H,5-7H2,1H3. The molecular formula is C11H14ClNOS. The van der Waals surface area contributed by atoms with E-state index < -0.39 is 0 Å². The van der Waals surface area contributed by atoms with Gasteiger partial charge in [-0.1, -0.05) is 17.7 Å². The Kier molecular flexibility index (Phi) is 3.92. The molecular weight excluding hydrogens is 230 g/mol. The third-order valence-corrected chi connectivity index (χ3v) is 3.77. The molecule has 0 atom stereocenters. The summed E-state index contributed by atoms with van der Waals surface area (Å²) in [6.45, 7) is 2.60. The molecule has 1 aliphatic heterocycles. The second-order valence-electron chi connectivity index (χ2n) is 3.56. The summed E-state index contributed by atoms with van der Waals surface area (Å²) in [5, 5.41) is 4.57. The van der Waals surface area contributed by atoms with Crippen molar-refractivity contribution in [2.45, 2.75) is 16.7 Å². The van der Waals surface area contributed by atoms with Crippen LogP contribution in [-0.2, 0) is 11.3 Å². The molecule has 2 rings (SSSR count). The van der Waals surface area contributed by atoms with Crippen molar-refractivity contribution in [3.63, 3.8) is 0 Å². The summed E-state index contributed by atoms with van der Waals surface area (Å²) < 4.78 is 5.17. The Morgan fingerprint density at radius 2 is 2.33 bits per heavy atom. The number of rotatable bonds is 4. The smallest absolute Gasteiger partial charge is 0.0611 e. The van der Waals surface area contributed by atoms with Gasteiger partial charge in [-0.2, -0.15) is 0 Å².